The van der Waals surface area contributed by atoms with Gasteiger partial charge in [0, 0.05) is 31.8 Å². The van der Waals surface area contributed by atoms with Gasteiger partial charge in [0.05, 0.1) is 0 Å². The topological polar surface area (TPSA) is 6.25 Å². The summed E-state index contributed by atoms with van der Waals surface area (Å²) in [6.45, 7) is 4.68. The van der Waals surface area contributed by atoms with Gasteiger partial charge in [-0.1, -0.05) is 108 Å². The summed E-state index contributed by atoms with van der Waals surface area (Å²) in [6, 6.07) is 0. The lowest BCUT2D eigenvalue weighted by Crippen LogP contribution is -2.21. The van der Waals surface area contributed by atoms with E-state index in [1.807, 2.05) is 0 Å². The third-order valence-corrected chi connectivity index (χ3v) is 8.33. The van der Waals surface area contributed by atoms with Gasteiger partial charge in [0.25, 0.3) is 0 Å². The summed E-state index contributed by atoms with van der Waals surface area (Å²) in [5, 5.41) is 0. The van der Waals surface area contributed by atoms with E-state index >= 15 is 0 Å². The Balaban J connectivity index is 1.33. The molecule has 0 aromatic rings. The molecule has 2 heteroatoms. The van der Waals surface area contributed by atoms with Crippen molar-refractivity contribution in [2.45, 2.75) is 141 Å². The second-order valence-electron chi connectivity index (χ2n) is 11.7. The van der Waals surface area contributed by atoms with E-state index < -0.39 is 0 Å². The molecule has 3 aliphatic heterocycles. The molecule has 0 N–H and O–H groups in total. The fourth-order valence-electron chi connectivity index (χ4n) is 6.01. The van der Waals surface area contributed by atoms with E-state index in [0.717, 1.165) is 13.1 Å². The predicted molar refractivity (Wildman–Crippen MR) is 158 cm³/mol. The second-order valence-corrected chi connectivity index (χ2v) is 11.7. The minimum Gasteiger partial charge on any atom is -0.373 e. The van der Waals surface area contributed by atoms with Crippen LogP contribution < -0.4 is 0 Å². The van der Waals surface area contributed by atoms with Gasteiger partial charge < -0.3 is 4.90 Å². The quantitative estimate of drug-likeness (QED) is 0.304. The van der Waals surface area contributed by atoms with E-state index in [-0.39, 0.29) is 0 Å². The maximum absolute atomic E-state index is 3.47. The van der Waals surface area contributed by atoms with Crippen molar-refractivity contribution >= 4 is 5.87 Å². The van der Waals surface area contributed by atoms with Crippen molar-refractivity contribution in [2.75, 3.05) is 26.2 Å². The highest BCUT2D eigenvalue weighted by molar-refractivity contribution is 5.51. The third kappa shape index (κ3) is 13.7. The highest BCUT2D eigenvalue weighted by atomic mass is 15.1. The minimum absolute atomic E-state index is 1.12. The fourth-order valence-corrected chi connectivity index (χ4v) is 6.01. The van der Waals surface area contributed by atoms with Gasteiger partial charge in [-0.3, -0.25) is 0 Å². The molecule has 0 spiro atoms. The molecule has 0 radical (unpaired) electrons. The molecule has 202 valence electrons. The summed E-state index contributed by atoms with van der Waals surface area (Å²) >= 11 is 0. The Morgan fingerprint density at radius 2 is 1.17 bits per heavy atom. The number of hydrogen-bond donors (Lipinski definition) is 0. The van der Waals surface area contributed by atoms with Crippen molar-refractivity contribution in [1.29, 1.82) is 0 Å². The van der Waals surface area contributed by atoms with Crippen LogP contribution in [-0.4, -0.2) is 41.5 Å². The van der Waals surface area contributed by atoms with Gasteiger partial charge >= 0.3 is 0 Å². The van der Waals surface area contributed by atoms with Crippen molar-refractivity contribution in [1.82, 2.24) is 4.90 Å². The molecule has 0 amide bonds. The van der Waals surface area contributed by atoms with Crippen molar-refractivity contribution in [3.05, 3.63) is 41.7 Å². The van der Waals surface area contributed by atoms with Crippen molar-refractivity contribution in [3.8, 4) is 0 Å². The van der Waals surface area contributed by atoms with Crippen LogP contribution in [-0.2, 0) is 0 Å². The lowest BCUT2D eigenvalue weighted by molar-refractivity contribution is -0.514. The van der Waals surface area contributed by atoms with Crippen LogP contribution in [0.15, 0.2) is 41.7 Å². The summed E-state index contributed by atoms with van der Waals surface area (Å²) in [7, 11) is 0. The van der Waals surface area contributed by atoms with Crippen LogP contribution >= 0.6 is 0 Å². The SMILES string of the molecule is C1=CC=C2CCCCCCCCCCCCN3C=C(C=CC3)CCCCCCCCCCCC[N+]=1C2. The van der Waals surface area contributed by atoms with E-state index in [1.165, 1.54) is 154 Å². The number of rotatable bonds is 0. The van der Waals surface area contributed by atoms with E-state index in [2.05, 4.69) is 45.8 Å². The highest BCUT2D eigenvalue weighted by Gasteiger charge is 2.11. The van der Waals surface area contributed by atoms with Crippen LogP contribution in [0, 0.1) is 0 Å². The molecule has 0 saturated carbocycles. The zero-order chi connectivity index (χ0) is 24.9. The second kappa shape index (κ2) is 19.6. The molecule has 0 fully saturated rings. The molecular weight excluding hydrogens is 436 g/mol. The standard InChI is InChI=1S/C34H57N2/c1-3-7-11-15-19-27-35-29-22-26-34(32-35)24-18-14-10-6-2-4-8-12-16-20-28-36-30-21-25-33(31-36)23-17-13-9-5-1/h21-22,25-26,32H,1-20,23-24,27-29,31H2/q+1. The summed E-state index contributed by atoms with van der Waals surface area (Å²) in [6.07, 6.45) is 42.5. The van der Waals surface area contributed by atoms with Gasteiger partial charge in [-0.05, 0) is 55.7 Å². The monoisotopic (exact) mass is 493 g/mol. The Hall–Kier alpha value is -1.53. The first-order chi connectivity index (χ1) is 17.9. The maximum Gasteiger partial charge on any atom is 0.174 e. The largest absolute Gasteiger partial charge is 0.373 e. The summed E-state index contributed by atoms with van der Waals surface area (Å²) < 4.78 is 2.44. The van der Waals surface area contributed by atoms with Gasteiger partial charge in [-0.2, -0.15) is 4.58 Å². The van der Waals surface area contributed by atoms with Crippen molar-refractivity contribution in [3.63, 3.8) is 0 Å². The number of nitrogens with zero attached hydrogens (tertiary/aromatic N) is 2. The van der Waals surface area contributed by atoms with Gasteiger partial charge in [-0.15, -0.1) is 0 Å². The molecule has 0 unspecified atom stereocenters. The van der Waals surface area contributed by atoms with Crippen molar-refractivity contribution in [2.24, 2.45) is 0 Å². The fraction of sp³-hybridized carbons (Fsp3) is 0.765. The highest BCUT2D eigenvalue weighted by Crippen LogP contribution is 2.19. The third-order valence-electron chi connectivity index (χ3n) is 8.33. The predicted octanol–water partition coefficient (Wildman–Crippen LogP) is 9.52. The zero-order valence-electron chi connectivity index (χ0n) is 23.7. The summed E-state index contributed by atoms with van der Waals surface area (Å²) in [5.41, 5.74) is 3.19. The molecule has 0 aromatic heterocycles. The average molecular weight is 494 g/mol. The Morgan fingerprint density at radius 3 is 1.83 bits per heavy atom. The van der Waals surface area contributed by atoms with Crippen LogP contribution in [0.2, 0.25) is 0 Å². The first kappa shape index (κ1) is 29.0. The Labute approximate surface area is 224 Å². The smallest absolute Gasteiger partial charge is 0.174 e. The summed E-state index contributed by atoms with van der Waals surface area (Å²) in [5.74, 6) is 3.47. The number of hydrogen-bond acceptors (Lipinski definition) is 1. The van der Waals surface area contributed by atoms with Crippen LogP contribution in [0.5, 0.6) is 0 Å². The van der Waals surface area contributed by atoms with E-state index in [4.69, 9.17) is 0 Å². The molecule has 0 aliphatic carbocycles. The average Bonchev–Trinajstić information content (AvgIpc) is 2.90. The lowest BCUT2D eigenvalue weighted by atomic mass is 10.0. The molecule has 0 saturated heterocycles. The minimum atomic E-state index is 1.12. The first-order valence-electron chi connectivity index (χ1n) is 16.0. The molecule has 4 bridgehead atoms. The van der Waals surface area contributed by atoms with Crippen LogP contribution in [0.1, 0.15) is 141 Å². The zero-order valence-corrected chi connectivity index (χ0v) is 23.7. The van der Waals surface area contributed by atoms with Gasteiger partial charge in [0.1, 0.15) is 0 Å². The van der Waals surface area contributed by atoms with Crippen LogP contribution in [0.4, 0.5) is 0 Å². The summed E-state index contributed by atoms with van der Waals surface area (Å²) in [4.78, 5) is 2.56. The lowest BCUT2D eigenvalue weighted by Gasteiger charge is -2.23. The van der Waals surface area contributed by atoms with E-state index in [0.29, 0.717) is 0 Å². The number of allylic oxidation sites excluding steroid dienone is 4. The van der Waals surface area contributed by atoms with Gasteiger partial charge in [-0.25, -0.2) is 0 Å². The first-order valence-corrected chi connectivity index (χ1v) is 16.0. The van der Waals surface area contributed by atoms with Crippen molar-refractivity contribution < 1.29 is 4.58 Å². The number of fused-ring (bicyclic) bond motifs is 3. The molecule has 3 heterocycles. The molecule has 3 aliphatic rings. The van der Waals surface area contributed by atoms with E-state index in [9.17, 15) is 0 Å². The normalized spacial score (nSPS) is 23.8. The molecule has 0 atom stereocenters. The van der Waals surface area contributed by atoms with Crippen LogP contribution in [0.25, 0.3) is 0 Å². The van der Waals surface area contributed by atoms with E-state index in [1.54, 1.807) is 11.1 Å². The maximum atomic E-state index is 3.47. The van der Waals surface area contributed by atoms with Gasteiger partial charge in [0.15, 0.2) is 19.0 Å². The van der Waals surface area contributed by atoms with Gasteiger partial charge in [0.2, 0.25) is 0 Å². The molecule has 2 nitrogen and oxygen atoms in total. The Morgan fingerprint density at radius 1 is 0.611 bits per heavy atom. The molecule has 0 aromatic carbocycles. The molecular formula is C34H57N2+. The Bertz CT molecular complexity index is 734. The van der Waals surface area contributed by atoms with Crippen LogP contribution in [0.3, 0.4) is 0 Å². The molecule has 36 heavy (non-hydrogen) atoms. The Kier molecular flexibility index (Phi) is 15.8. The molecule has 3 rings (SSSR count).